The summed E-state index contributed by atoms with van der Waals surface area (Å²) >= 11 is 0. The quantitative estimate of drug-likeness (QED) is 0.602. The zero-order chi connectivity index (χ0) is 20.4. The van der Waals surface area contributed by atoms with Gasteiger partial charge in [0, 0.05) is 32.7 Å². The first kappa shape index (κ1) is 22.8. The number of benzene rings is 1. The Morgan fingerprint density at radius 2 is 1.75 bits per heavy atom. The second-order valence-corrected chi connectivity index (χ2v) is 9.52. The van der Waals surface area contributed by atoms with E-state index in [1.54, 1.807) is 16.4 Å². The Bertz CT molecular complexity index is 694. The van der Waals surface area contributed by atoms with Crippen LogP contribution in [0.2, 0.25) is 0 Å². The lowest BCUT2D eigenvalue weighted by molar-refractivity contribution is -0.121. The van der Waals surface area contributed by atoms with Crippen LogP contribution in [0.15, 0.2) is 29.2 Å². The van der Waals surface area contributed by atoms with E-state index in [9.17, 15) is 13.2 Å². The molecule has 0 bridgehead atoms. The van der Waals surface area contributed by atoms with Crippen LogP contribution in [0.25, 0.3) is 0 Å². The van der Waals surface area contributed by atoms with E-state index in [1.165, 1.54) is 0 Å². The molecule has 1 heterocycles. The molecule has 7 heteroatoms. The molecule has 0 unspecified atom stereocenters. The summed E-state index contributed by atoms with van der Waals surface area (Å²) in [5.74, 6) is 0.00538. The van der Waals surface area contributed by atoms with Crippen molar-refractivity contribution in [2.75, 3.05) is 26.2 Å². The maximum Gasteiger partial charge on any atom is 0.243 e. The summed E-state index contributed by atoms with van der Waals surface area (Å²) in [6, 6.07) is 6.95. The van der Waals surface area contributed by atoms with Crippen molar-refractivity contribution in [3.8, 4) is 0 Å². The average Bonchev–Trinajstić information content (AvgIpc) is 2.96. The molecule has 0 saturated carbocycles. The first-order valence-electron chi connectivity index (χ1n) is 10.4. The standard InChI is InChI=1S/C21H34N2O4S/c1-18(2)27-17-7-14-22-21(24)13-10-19-8-11-20(12-9-19)28(25,26)23-15-5-3-4-6-16-23/h8-9,11-12,18H,3-7,10,13-17H2,1-2H3,(H,22,24). The lowest BCUT2D eigenvalue weighted by Gasteiger charge is -2.20. The van der Waals surface area contributed by atoms with Crippen LogP contribution in [0.5, 0.6) is 0 Å². The van der Waals surface area contributed by atoms with Gasteiger partial charge < -0.3 is 10.1 Å². The van der Waals surface area contributed by atoms with Gasteiger partial charge in [0.1, 0.15) is 0 Å². The van der Waals surface area contributed by atoms with E-state index in [1.807, 2.05) is 26.0 Å². The maximum atomic E-state index is 12.8. The minimum atomic E-state index is -3.41. The van der Waals surface area contributed by atoms with Crippen molar-refractivity contribution in [2.45, 2.75) is 69.8 Å². The molecule has 1 aliphatic heterocycles. The number of hydrogen-bond donors (Lipinski definition) is 1. The molecule has 1 fully saturated rings. The SMILES string of the molecule is CC(C)OCCCNC(=O)CCc1ccc(S(=O)(=O)N2CCCCCC2)cc1. The molecule has 0 atom stereocenters. The lowest BCUT2D eigenvalue weighted by Crippen LogP contribution is -2.31. The second-order valence-electron chi connectivity index (χ2n) is 7.59. The van der Waals surface area contributed by atoms with Crippen LogP contribution in [0.1, 0.15) is 57.9 Å². The molecule has 0 aromatic heterocycles. The third-order valence-corrected chi connectivity index (χ3v) is 6.77. The van der Waals surface area contributed by atoms with Crippen LogP contribution in [0.4, 0.5) is 0 Å². The van der Waals surface area contributed by atoms with Gasteiger partial charge >= 0.3 is 0 Å². The Morgan fingerprint density at radius 3 is 2.36 bits per heavy atom. The molecule has 0 radical (unpaired) electrons. The number of carbonyl (C=O) groups is 1. The second kappa shape index (κ2) is 11.5. The highest BCUT2D eigenvalue weighted by atomic mass is 32.2. The Balaban J connectivity index is 1.78. The first-order chi connectivity index (χ1) is 13.4. The molecule has 2 rings (SSSR count). The monoisotopic (exact) mass is 410 g/mol. The van der Waals surface area contributed by atoms with Gasteiger partial charge in [-0.2, -0.15) is 4.31 Å². The number of hydrogen-bond acceptors (Lipinski definition) is 4. The zero-order valence-electron chi connectivity index (χ0n) is 17.2. The molecule has 0 aliphatic carbocycles. The Hall–Kier alpha value is -1.44. The normalized spacial score (nSPS) is 16.1. The van der Waals surface area contributed by atoms with Gasteiger partial charge in [-0.3, -0.25) is 4.79 Å². The van der Waals surface area contributed by atoms with E-state index in [2.05, 4.69) is 5.32 Å². The van der Waals surface area contributed by atoms with E-state index in [4.69, 9.17) is 4.74 Å². The number of sulfonamides is 1. The highest BCUT2D eigenvalue weighted by molar-refractivity contribution is 7.89. The third kappa shape index (κ3) is 7.53. The predicted octanol–water partition coefficient (Wildman–Crippen LogP) is 3.12. The van der Waals surface area contributed by atoms with Gasteiger partial charge in [-0.25, -0.2) is 8.42 Å². The van der Waals surface area contributed by atoms with E-state index in [-0.39, 0.29) is 12.0 Å². The van der Waals surface area contributed by atoms with Crippen molar-refractivity contribution >= 4 is 15.9 Å². The summed E-state index contributed by atoms with van der Waals surface area (Å²) in [4.78, 5) is 12.3. The molecule has 1 amide bonds. The maximum absolute atomic E-state index is 12.8. The molecular weight excluding hydrogens is 376 g/mol. The van der Waals surface area contributed by atoms with Crippen LogP contribution in [0, 0.1) is 0 Å². The van der Waals surface area contributed by atoms with Crippen LogP contribution in [-0.4, -0.2) is 51.0 Å². The lowest BCUT2D eigenvalue weighted by atomic mass is 10.1. The number of nitrogens with zero attached hydrogens (tertiary/aromatic N) is 1. The van der Waals surface area contributed by atoms with Crippen molar-refractivity contribution in [1.29, 1.82) is 0 Å². The molecule has 1 saturated heterocycles. The van der Waals surface area contributed by atoms with Gasteiger partial charge in [-0.1, -0.05) is 25.0 Å². The van der Waals surface area contributed by atoms with Gasteiger partial charge in [-0.05, 0) is 57.2 Å². The number of carbonyl (C=O) groups excluding carboxylic acids is 1. The third-order valence-electron chi connectivity index (χ3n) is 4.86. The molecule has 1 aromatic rings. The van der Waals surface area contributed by atoms with E-state index in [0.29, 0.717) is 44.0 Å². The minimum Gasteiger partial charge on any atom is -0.379 e. The zero-order valence-corrected chi connectivity index (χ0v) is 18.0. The van der Waals surface area contributed by atoms with Gasteiger partial charge in [0.2, 0.25) is 15.9 Å². The molecular formula is C21H34N2O4S. The van der Waals surface area contributed by atoms with Crippen LogP contribution < -0.4 is 5.32 Å². The largest absolute Gasteiger partial charge is 0.379 e. The summed E-state index contributed by atoms with van der Waals surface area (Å²) in [6.07, 6.45) is 6.04. The summed E-state index contributed by atoms with van der Waals surface area (Å²) in [6.45, 7) is 6.44. The first-order valence-corrected chi connectivity index (χ1v) is 11.8. The summed E-state index contributed by atoms with van der Waals surface area (Å²) in [5, 5.41) is 2.89. The highest BCUT2D eigenvalue weighted by Gasteiger charge is 2.24. The van der Waals surface area contributed by atoms with Crippen LogP contribution in [0.3, 0.4) is 0 Å². The Labute approximate surface area is 169 Å². The molecule has 1 aromatic carbocycles. The number of amides is 1. The van der Waals surface area contributed by atoms with Gasteiger partial charge in [0.25, 0.3) is 0 Å². The van der Waals surface area contributed by atoms with E-state index in [0.717, 1.165) is 37.7 Å². The van der Waals surface area contributed by atoms with Crippen molar-refractivity contribution in [2.24, 2.45) is 0 Å². The fourth-order valence-corrected chi connectivity index (χ4v) is 4.74. The van der Waals surface area contributed by atoms with Gasteiger partial charge in [-0.15, -0.1) is 0 Å². The summed E-state index contributed by atoms with van der Waals surface area (Å²) in [7, 11) is -3.41. The smallest absolute Gasteiger partial charge is 0.243 e. The fourth-order valence-electron chi connectivity index (χ4n) is 3.22. The van der Waals surface area contributed by atoms with Gasteiger partial charge in [0.05, 0.1) is 11.0 Å². The summed E-state index contributed by atoms with van der Waals surface area (Å²) in [5.41, 5.74) is 0.966. The molecule has 0 spiro atoms. The van der Waals surface area contributed by atoms with Crippen molar-refractivity contribution in [3.63, 3.8) is 0 Å². The molecule has 28 heavy (non-hydrogen) atoms. The average molecular weight is 411 g/mol. The number of ether oxygens (including phenoxy) is 1. The van der Waals surface area contributed by atoms with E-state index >= 15 is 0 Å². The van der Waals surface area contributed by atoms with Crippen molar-refractivity contribution in [1.82, 2.24) is 9.62 Å². The molecule has 1 N–H and O–H groups in total. The highest BCUT2D eigenvalue weighted by Crippen LogP contribution is 2.21. The predicted molar refractivity (Wildman–Crippen MR) is 111 cm³/mol. The summed E-state index contributed by atoms with van der Waals surface area (Å²) < 4.78 is 32.6. The number of nitrogens with one attached hydrogen (secondary N) is 1. The Kier molecular flexibility index (Phi) is 9.41. The fraction of sp³-hybridized carbons (Fsp3) is 0.667. The molecule has 158 valence electrons. The number of aryl methyl sites for hydroxylation is 1. The van der Waals surface area contributed by atoms with Crippen molar-refractivity contribution < 1.29 is 17.9 Å². The minimum absolute atomic E-state index is 0.00538. The van der Waals surface area contributed by atoms with E-state index < -0.39 is 10.0 Å². The van der Waals surface area contributed by atoms with Crippen LogP contribution >= 0.6 is 0 Å². The molecule has 1 aliphatic rings. The van der Waals surface area contributed by atoms with Crippen molar-refractivity contribution in [3.05, 3.63) is 29.8 Å². The van der Waals surface area contributed by atoms with Crippen LogP contribution in [-0.2, 0) is 26.0 Å². The Morgan fingerprint density at radius 1 is 1.11 bits per heavy atom. The van der Waals surface area contributed by atoms with Gasteiger partial charge in [0.15, 0.2) is 0 Å². The number of rotatable bonds is 10. The topological polar surface area (TPSA) is 75.7 Å². The molecule has 6 nitrogen and oxygen atoms in total.